The summed E-state index contributed by atoms with van der Waals surface area (Å²) in [6.45, 7) is -0.380. The van der Waals surface area contributed by atoms with Crippen LogP contribution < -0.4 is 10.1 Å². The van der Waals surface area contributed by atoms with Crippen LogP contribution in [0, 0.1) is 5.82 Å². The molecule has 2 N–H and O–H groups in total. The molecule has 32 heavy (non-hydrogen) atoms. The van der Waals surface area contributed by atoms with Gasteiger partial charge in [0.05, 0.1) is 6.54 Å². The molecule has 1 aliphatic rings. The minimum Gasteiger partial charge on any atom is -0.491 e. The first kappa shape index (κ1) is 21.5. The minimum absolute atomic E-state index is 0.153. The molecule has 1 fully saturated rings. The van der Waals surface area contributed by atoms with Crippen LogP contribution in [-0.4, -0.2) is 41.2 Å². The summed E-state index contributed by atoms with van der Waals surface area (Å²) in [6.07, 6.45) is -0.834. The molecule has 0 spiro atoms. The molecule has 3 amide bonds. The van der Waals surface area contributed by atoms with Crippen molar-refractivity contribution in [2.24, 2.45) is 0 Å². The van der Waals surface area contributed by atoms with Gasteiger partial charge < -0.3 is 15.2 Å². The Kier molecular flexibility index (Phi) is 6.18. The van der Waals surface area contributed by atoms with E-state index in [0.717, 1.165) is 10.5 Å². The molecule has 2 unspecified atom stereocenters. The highest BCUT2D eigenvalue weighted by molar-refractivity contribution is 6.07. The van der Waals surface area contributed by atoms with Gasteiger partial charge in [0.25, 0.3) is 5.91 Å². The lowest BCUT2D eigenvalue weighted by Crippen LogP contribution is -2.46. The van der Waals surface area contributed by atoms with E-state index in [0.29, 0.717) is 11.3 Å². The molecule has 0 aromatic heterocycles. The molecule has 164 valence electrons. The summed E-state index contributed by atoms with van der Waals surface area (Å²) in [6, 6.07) is 23.3. The van der Waals surface area contributed by atoms with Crippen molar-refractivity contribution >= 4 is 11.9 Å². The lowest BCUT2D eigenvalue weighted by atomic mass is 9.83. The number of carbonyl (C=O) groups is 2. The number of rotatable bonds is 8. The summed E-state index contributed by atoms with van der Waals surface area (Å²) in [5.74, 6) is -0.448. The Labute approximate surface area is 185 Å². The van der Waals surface area contributed by atoms with E-state index in [1.54, 1.807) is 12.1 Å². The normalized spacial score (nSPS) is 19.0. The second-order valence-electron chi connectivity index (χ2n) is 7.70. The molecule has 0 saturated carbocycles. The van der Waals surface area contributed by atoms with Gasteiger partial charge in [0.15, 0.2) is 5.54 Å². The number of nitrogens with one attached hydrogen (secondary N) is 1. The van der Waals surface area contributed by atoms with Crippen LogP contribution in [0.5, 0.6) is 5.75 Å². The largest absolute Gasteiger partial charge is 0.491 e. The topological polar surface area (TPSA) is 78.9 Å². The summed E-state index contributed by atoms with van der Waals surface area (Å²) in [4.78, 5) is 27.4. The predicted octanol–water partition coefficient (Wildman–Crippen LogP) is 3.26. The first-order valence-corrected chi connectivity index (χ1v) is 10.3. The molecule has 7 heteroatoms. The number of carbonyl (C=O) groups excluding carboxylic acids is 2. The van der Waals surface area contributed by atoms with Crippen LogP contribution in [-0.2, 0) is 16.8 Å². The molecule has 0 radical (unpaired) electrons. The SMILES string of the molecule is O=C1NC(Cc2ccccc2)(c2ccccc2)C(=O)N1CC(O)COc1ccc(F)cc1. The Morgan fingerprint density at radius 2 is 1.56 bits per heavy atom. The maximum atomic E-state index is 13.5. The van der Waals surface area contributed by atoms with Crippen LogP contribution in [0.25, 0.3) is 0 Å². The fourth-order valence-electron chi connectivity index (χ4n) is 3.82. The van der Waals surface area contributed by atoms with Crippen molar-refractivity contribution in [2.45, 2.75) is 18.1 Å². The lowest BCUT2D eigenvalue weighted by molar-refractivity contribution is -0.132. The third kappa shape index (κ3) is 4.48. The number of benzene rings is 3. The Hall–Kier alpha value is -3.71. The van der Waals surface area contributed by atoms with Crippen LogP contribution in [0.15, 0.2) is 84.9 Å². The summed E-state index contributed by atoms with van der Waals surface area (Å²) < 4.78 is 18.5. The summed E-state index contributed by atoms with van der Waals surface area (Å²) in [7, 11) is 0. The first-order valence-electron chi connectivity index (χ1n) is 10.3. The van der Waals surface area contributed by atoms with Crippen molar-refractivity contribution in [3.05, 3.63) is 102 Å². The quantitative estimate of drug-likeness (QED) is 0.534. The van der Waals surface area contributed by atoms with Crippen LogP contribution in [0.1, 0.15) is 11.1 Å². The van der Waals surface area contributed by atoms with Gasteiger partial charge in [-0.1, -0.05) is 60.7 Å². The van der Waals surface area contributed by atoms with Gasteiger partial charge in [0.2, 0.25) is 0 Å². The van der Waals surface area contributed by atoms with E-state index >= 15 is 0 Å². The van der Waals surface area contributed by atoms with Gasteiger partial charge in [-0.15, -0.1) is 0 Å². The van der Waals surface area contributed by atoms with Gasteiger partial charge >= 0.3 is 6.03 Å². The average molecular weight is 434 g/mol. The van der Waals surface area contributed by atoms with Crippen molar-refractivity contribution in [1.29, 1.82) is 0 Å². The fraction of sp³-hybridized carbons (Fsp3) is 0.200. The van der Waals surface area contributed by atoms with E-state index in [1.807, 2.05) is 48.5 Å². The van der Waals surface area contributed by atoms with Gasteiger partial charge in [-0.05, 0) is 35.4 Å². The van der Waals surface area contributed by atoms with Crippen molar-refractivity contribution in [3.8, 4) is 5.75 Å². The smallest absolute Gasteiger partial charge is 0.325 e. The van der Waals surface area contributed by atoms with Crippen LogP contribution >= 0.6 is 0 Å². The Morgan fingerprint density at radius 3 is 2.22 bits per heavy atom. The van der Waals surface area contributed by atoms with Gasteiger partial charge in [0.1, 0.15) is 24.3 Å². The molecule has 3 aromatic carbocycles. The average Bonchev–Trinajstić information content (AvgIpc) is 3.05. The van der Waals surface area contributed by atoms with Crippen molar-refractivity contribution in [2.75, 3.05) is 13.2 Å². The number of hydrogen-bond donors (Lipinski definition) is 2. The summed E-state index contributed by atoms with van der Waals surface area (Å²) in [5, 5.41) is 13.3. The van der Waals surface area contributed by atoms with Gasteiger partial charge in [-0.3, -0.25) is 9.69 Å². The Bertz CT molecular complexity index is 1080. The lowest BCUT2D eigenvalue weighted by Gasteiger charge is -2.28. The number of aliphatic hydroxyl groups excluding tert-OH is 1. The molecule has 1 heterocycles. The number of nitrogens with zero attached hydrogens (tertiary/aromatic N) is 1. The maximum Gasteiger partial charge on any atom is 0.325 e. The molecule has 0 aliphatic carbocycles. The minimum atomic E-state index is -1.27. The summed E-state index contributed by atoms with van der Waals surface area (Å²) in [5.41, 5.74) is 0.297. The van der Waals surface area contributed by atoms with Crippen LogP contribution in [0.4, 0.5) is 9.18 Å². The number of ether oxygens (including phenoxy) is 1. The molecular weight excluding hydrogens is 411 g/mol. The molecule has 0 bridgehead atoms. The third-order valence-corrected chi connectivity index (χ3v) is 5.40. The number of urea groups is 1. The number of amides is 3. The zero-order chi connectivity index (χ0) is 22.6. The van der Waals surface area contributed by atoms with Crippen LogP contribution in [0.2, 0.25) is 0 Å². The van der Waals surface area contributed by atoms with E-state index in [1.165, 1.54) is 24.3 Å². The van der Waals surface area contributed by atoms with Gasteiger partial charge in [0, 0.05) is 6.42 Å². The summed E-state index contributed by atoms with van der Waals surface area (Å²) >= 11 is 0. The molecule has 1 saturated heterocycles. The second kappa shape index (κ2) is 9.20. The fourth-order valence-corrected chi connectivity index (χ4v) is 3.82. The van der Waals surface area contributed by atoms with Gasteiger partial charge in [-0.2, -0.15) is 0 Å². The third-order valence-electron chi connectivity index (χ3n) is 5.40. The number of β-amino-alcohol motifs (C(OH)–C–C–N with tert-alkyl or cyclic N) is 1. The van der Waals surface area contributed by atoms with Crippen LogP contribution in [0.3, 0.4) is 0 Å². The zero-order valence-electron chi connectivity index (χ0n) is 17.3. The monoisotopic (exact) mass is 434 g/mol. The van der Waals surface area contributed by atoms with E-state index in [2.05, 4.69) is 5.32 Å². The van der Waals surface area contributed by atoms with E-state index in [9.17, 15) is 19.1 Å². The maximum absolute atomic E-state index is 13.5. The Balaban J connectivity index is 1.52. The highest BCUT2D eigenvalue weighted by atomic mass is 19.1. The highest BCUT2D eigenvalue weighted by Gasteiger charge is 2.52. The van der Waals surface area contributed by atoms with E-state index in [4.69, 9.17) is 4.74 Å². The van der Waals surface area contributed by atoms with Gasteiger partial charge in [-0.25, -0.2) is 9.18 Å². The number of halogens is 1. The molecule has 3 aromatic rings. The van der Waals surface area contributed by atoms with E-state index in [-0.39, 0.29) is 19.6 Å². The van der Waals surface area contributed by atoms with Crippen molar-refractivity contribution in [1.82, 2.24) is 10.2 Å². The predicted molar refractivity (Wildman–Crippen MR) is 116 cm³/mol. The number of hydrogen-bond acceptors (Lipinski definition) is 4. The molecule has 2 atom stereocenters. The number of aliphatic hydroxyl groups is 1. The van der Waals surface area contributed by atoms with Crippen molar-refractivity contribution < 1.29 is 23.8 Å². The second-order valence-corrected chi connectivity index (χ2v) is 7.70. The number of imide groups is 1. The molecular formula is C25H23FN2O4. The Morgan fingerprint density at radius 1 is 0.938 bits per heavy atom. The highest BCUT2D eigenvalue weighted by Crippen LogP contribution is 2.33. The molecule has 4 rings (SSSR count). The zero-order valence-corrected chi connectivity index (χ0v) is 17.3. The molecule has 6 nitrogen and oxygen atoms in total. The standard InChI is InChI=1S/C25H23FN2O4/c26-20-11-13-22(14-12-20)32-17-21(29)16-28-23(30)25(27-24(28)31,19-9-5-2-6-10-19)15-18-7-3-1-4-8-18/h1-14,21,29H,15-17H2,(H,27,31). The van der Waals surface area contributed by atoms with E-state index < -0.39 is 29.4 Å². The molecule has 1 aliphatic heterocycles. The first-order chi connectivity index (χ1) is 15.5. The van der Waals surface area contributed by atoms with Crippen molar-refractivity contribution in [3.63, 3.8) is 0 Å².